The number of halogens is 1. The van der Waals surface area contributed by atoms with E-state index in [2.05, 4.69) is 15.9 Å². The van der Waals surface area contributed by atoms with Gasteiger partial charge in [0.25, 0.3) is 5.91 Å². The summed E-state index contributed by atoms with van der Waals surface area (Å²) in [5.74, 6) is 0.0884. The van der Waals surface area contributed by atoms with Gasteiger partial charge in [0.2, 0.25) is 0 Å². The molecule has 1 unspecified atom stereocenters. The number of rotatable bonds is 3. The molecule has 0 radical (unpaired) electrons. The average Bonchev–Trinajstić information content (AvgIpc) is 2.41. The van der Waals surface area contributed by atoms with Crippen molar-refractivity contribution >= 4 is 21.8 Å². The molecule has 4 heteroatoms. The molecule has 18 heavy (non-hydrogen) atoms. The Hall–Kier alpha value is -0.870. The Morgan fingerprint density at radius 1 is 1.44 bits per heavy atom. The van der Waals surface area contributed by atoms with Crippen LogP contribution in [0.4, 0.5) is 0 Å². The lowest BCUT2D eigenvalue weighted by Gasteiger charge is -2.27. The van der Waals surface area contributed by atoms with Crippen molar-refractivity contribution in [3.8, 4) is 0 Å². The van der Waals surface area contributed by atoms with Crippen LogP contribution < -0.4 is 0 Å². The van der Waals surface area contributed by atoms with Crippen molar-refractivity contribution in [3.63, 3.8) is 0 Å². The van der Waals surface area contributed by atoms with Crippen LogP contribution in [0, 0.1) is 0 Å². The predicted molar refractivity (Wildman–Crippen MR) is 74.2 cm³/mol. The third kappa shape index (κ3) is 3.33. The minimum absolute atomic E-state index is 0.0884. The Kier molecular flexibility index (Phi) is 4.78. The fourth-order valence-corrected chi connectivity index (χ4v) is 2.55. The van der Waals surface area contributed by atoms with Gasteiger partial charge in [-0.05, 0) is 30.9 Å². The second-order valence-corrected chi connectivity index (χ2v) is 5.50. The highest BCUT2D eigenvalue weighted by Crippen LogP contribution is 2.19. The van der Waals surface area contributed by atoms with Gasteiger partial charge in [-0.25, -0.2) is 0 Å². The Labute approximate surface area is 116 Å². The molecule has 0 spiro atoms. The van der Waals surface area contributed by atoms with Gasteiger partial charge in [0.15, 0.2) is 0 Å². The molecule has 1 aromatic rings. The van der Waals surface area contributed by atoms with Gasteiger partial charge in [-0.1, -0.05) is 34.1 Å². The summed E-state index contributed by atoms with van der Waals surface area (Å²) in [5, 5.41) is 0. The van der Waals surface area contributed by atoms with Gasteiger partial charge in [-0.3, -0.25) is 4.79 Å². The molecule has 0 aromatic heterocycles. The molecule has 1 atom stereocenters. The molecular weight excluding hydrogens is 294 g/mol. The minimum atomic E-state index is -0.244. The Bertz CT molecular complexity index is 416. The summed E-state index contributed by atoms with van der Waals surface area (Å²) in [7, 11) is 1.83. The molecule has 98 valence electrons. The molecule has 0 bridgehead atoms. The van der Waals surface area contributed by atoms with Crippen LogP contribution in [0.3, 0.4) is 0 Å². The molecule has 1 fully saturated rings. The third-order valence-electron chi connectivity index (χ3n) is 3.20. The quantitative estimate of drug-likeness (QED) is 0.859. The highest BCUT2D eigenvalue weighted by molar-refractivity contribution is 9.10. The Balaban J connectivity index is 1.96. The van der Waals surface area contributed by atoms with Crippen LogP contribution in [0.15, 0.2) is 28.7 Å². The summed E-state index contributed by atoms with van der Waals surface area (Å²) in [4.78, 5) is 13.9. The van der Waals surface area contributed by atoms with Crippen LogP contribution in [0.5, 0.6) is 0 Å². The molecule has 3 nitrogen and oxygen atoms in total. The molecule has 1 aliphatic heterocycles. The monoisotopic (exact) mass is 311 g/mol. The molecular formula is C14H18BrNO2. The molecule has 1 heterocycles. The lowest BCUT2D eigenvalue weighted by molar-refractivity contribution is -0.145. The topological polar surface area (TPSA) is 29.5 Å². The largest absolute Gasteiger partial charge is 0.368 e. The van der Waals surface area contributed by atoms with Crippen LogP contribution in [-0.2, 0) is 16.1 Å². The summed E-state index contributed by atoms with van der Waals surface area (Å²) in [6.45, 7) is 1.32. The maximum Gasteiger partial charge on any atom is 0.251 e. The number of amides is 1. The van der Waals surface area contributed by atoms with E-state index in [4.69, 9.17) is 4.74 Å². The highest BCUT2D eigenvalue weighted by atomic mass is 79.9. The average molecular weight is 312 g/mol. The van der Waals surface area contributed by atoms with Crippen molar-refractivity contribution in [2.75, 3.05) is 13.7 Å². The SMILES string of the molecule is CN(Cc1ccccc1Br)C(=O)C1CCCCO1. The number of likely N-dealkylation sites (N-methyl/N-ethyl adjacent to an activating group) is 1. The van der Waals surface area contributed by atoms with Crippen LogP contribution in [0.25, 0.3) is 0 Å². The molecule has 0 N–H and O–H groups in total. The van der Waals surface area contributed by atoms with Gasteiger partial charge in [-0.2, -0.15) is 0 Å². The van der Waals surface area contributed by atoms with E-state index in [-0.39, 0.29) is 12.0 Å². The summed E-state index contributed by atoms with van der Waals surface area (Å²) in [6, 6.07) is 7.97. The zero-order valence-electron chi connectivity index (χ0n) is 10.6. The molecule has 2 rings (SSSR count). The predicted octanol–water partition coefficient (Wildman–Crippen LogP) is 2.98. The van der Waals surface area contributed by atoms with E-state index >= 15 is 0 Å². The van der Waals surface area contributed by atoms with E-state index in [1.807, 2.05) is 31.3 Å². The van der Waals surface area contributed by atoms with Crippen molar-refractivity contribution in [2.45, 2.75) is 31.9 Å². The third-order valence-corrected chi connectivity index (χ3v) is 3.97. The fourth-order valence-electron chi connectivity index (χ4n) is 2.14. The molecule has 1 aromatic carbocycles. The molecule has 1 aliphatic rings. The highest BCUT2D eigenvalue weighted by Gasteiger charge is 2.25. The number of benzene rings is 1. The van der Waals surface area contributed by atoms with Crippen molar-refractivity contribution in [3.05, 3.63) is 34.3 Å². The van der Waals surface area contributed by atoms with Crippen molar-refractivity contribution < 1.29 is 9.53 Å². The summed E-state index contributed by atoms with van der Waals surface area (Å²) in [5.41, 5.74) is 1.11. The first-order valence-electron chi connectivity index (χ1n) is 6.28. The maximum atomic E-state index is 12.2. The molecule has 1 amide bonds. The van der Waals surface area contributed by atoms with E-state index in [1.54, 1.807) is 4.90 Å². The van der Waals surface area contributed by atoms with E-state index in [9.17, 15) is 4.79 Å². The lowest BCUT2D eigenvalue weighted by atomic mass is 10.1. The smallest absolute Gasteiger partial charge is 0.251 e. The number of carbonyl (C=O) groups excluding carboxylic acids is 1. The van der Waals surface area contributed by atoms with E-state index in [0.29, 0.717) is 13.2 Å². The van der Waals surface area contributed by atoms with Crippen molar-refractivity contribution in [1.29, 1.82) is 0 Å². The van der Waals surface area contributed by atoms with Crippen molar-refractivity contribution in [1.82, 2.24) is 4.90 Å². The second kappa shape index (κ2) is 6.34. The van der Waals surface area contributed by atoms with Crippen LogP contribution in [0.1, 0.15) is 24.8 Å². The summed E-state index contributed by atoms with van der Waals surface area (Å²) < 4.78 is 6.56. The zero-order valence-corrected chi connectivity index (χ0v) is 12.1. The van der Waals surface area contributed by atoms with Crippen LogP contribution in [0.2, 0.25) is 0 Å². The van der Waals surface area contributed by atoms with Crippen molar-refractivity contribution in [2.24, 2.45) is 0 Å². The standard InChI is InChI=1S/C14H18BrNO2/c1-16(10-11-6-2-3-7-12(11)15)14(17)13-8-4-5-9-18-13/h2-3,6-7,13H,4-5,8-10H2,1H3. The van der Waals surface area contributed by atoms with E-state index in [0.717, 1.165) is 29.3 Å². The first kappa shape index (κ1) is 13.6. The molecule has 1 saturated heterocycles. The van der Waals surface area contributed by atoms with Crippen LogP contribution >= 0.6 is 15.9 Å². The van der Waals surface area contributed by atoms with Gasteiger partial charge < -0.3 is 9.64 Å². The maximum absolute atomic E-state index is 12.2. The van der Waals surface area contributed by atoms with Gasteiger partial charge in [0, 0.05) is 24.7 Å². The summed E-state index contributed by atoms with van der Waals surface area (Å²) >= 11 is 3.50. The number of carbonyl (C=O) groups is 1. The first-order valence-corrected chi connectivity index (χ1v) is 7.08. The normalized spacial score (nSPS) is 19.6. The molecule has 0 aliphatic carbocycles. The zero-order chi connectivity index (χ0) is 13.0. The lowest BCUT2D eigenvalue weighted by Crippen LogP contribution is -2.39. The number of hydrogen-bond acceptors (Lipinski definition) is 2. The first-order chi connectivity index (χ1) is 8.68. The summed E-state index contributed by atoms with van der Waals surface area (Å²) in [6.07, 6.45) is 2.75. The second-order valence-electron chi connectivity index (χ2n) is 4.64. The fraction of sp³-hybridized carbons (Fsp3) is 0.500. The number of ether oxygens (including phenoxy) is 1. The Morgan fingerprint density at radius 3 is 2.89 bits per heavy atom. The Morgan fingerprint density at radius 2 is 2.22 bits per heavy atom. The van der Waals surface area contributed by atoms with Gasteiger partial charge in [-0.15, -0.1) is 0 Å². The van der Waals surface area contributed by atoms with Gasteiger partial charge >= 0.3 is 0 Å². The van der Waals surface area contributed by atoms with E-state index < -0.39 is 0 Å². The number of nitrogens with zero attached hydrogens (tertiary/aromatic N) is 1. The number of hydrogen-bond donors (Lipinski definition) is 0. The van der Waals surface area contributed by atoms with Crippen LogP contribution in [-0.4, -0.2) is 30.6 Å². The minimum Gasteiger partial charge on any atom is -0.368 e. The van der Waals surface area contributed by atoms with Gasteiger partial charge in [0.1, 0.15) is 6.10 Å². The van der Waals surface area contributed by atoms with E-state index in [1.165, 1.54) is 0 Å². The molecule has 0 saturated carbocycles. The van der Waals surface area contributed by atoms with Gasteiger partial charge in [0.05, 0.1) is 0 Å².